The van der Waals surface area contributed by atoms with Crippen LogP contribution in [0.25, 0.3) is 0 Å². The second-order valence-electron chi connectivity index (χ2n) is 4.12. The van der Waals surface area contributed by atoms with Crippen LogP contribution in [-0.2, 0) is 28.6 Å². The average Bonchev–Trinajstić information content (AvgIpc) is 2.53. The molecule has 0 aliphatic heterocycles. The molecule has 0 heterocycles. The van der Waals surface area contributed by atoms with Crippen LogP contribution in [-0.4, -0.2) is 71.1 Å². The van der Waals surface area contributed by atoms with Gasteiger partial charge in [-0.2, -0.15) is 0 Å². The van der Waals surface area contributed by atoms with Gasteiger partial charge in [-0.05, 0) is 0 Å². The first kappa shape index (κ1) is 21.8. The third-order valence-electron chi connectivity index (χ3n) is 2.52. The van der Waals surface area contributed by atoms with Gasteiger partial charge < -0.3 is 14.2 Å². The summed E-state index contributed by atoms with van der Waals surface area (Å²) in [4.78, 5) is 35.2. The summed E-state index contributed by atoms with van der Waals surface area (Å²) in [5, 5.41) is 0. The van der Waals surface area contributed by atoms with E-state index in [0.29, 0.717) is 34.9 Å². The minimum absolute atomic E-state index is 0.254. The molecule has 0 aromatic carbocycles. The predicted octanol–water partition coefficient (Wildman–Crippen LogP) is 1.20. The topological polar surface area (TPSA) is 82.1 Å². The lowest BCUT2D eigenvalue weighted by Gasteiger charge is -2.21. The van der Waals surface area contributed by atoms with Crippen LogP contribution in [0.15, 0.2) is 0 Å². The molecule has 0 unspecified atom stereocenters. The molecule has 0 atom stereocenters. The molecule has 22 heavy (non-hydrogen) atoms. The fourth-order valence-corrected chi connectivity index (χ4v) is 1.82. The highest BCUT2D eigenvalue weighted by Crippen LogP contribution is 1.95. The van der Waals surface area contributed by atoms with Gasteiger partial charge in [-0.1, -0.05) is 52.1 Å². The van der Waals surface area contributed by atoms with Crippen LogP contribution in [0.1, 0.15) is 13.3 Å². The van der Waals surface area contributed by atoms with E-state index in [1.165, 1.54) is 0 Å². The molecule has 0 aliphatic carbocycles. The quantitative estimate of drug-likeness (QED) is 0.159. The third kappa shape index (κ3) is 12.4. The number of halogens is 2. The predicted molar refractivity (Wildman–Crippen MR) is 97.4 cm³/mol. The fourth-order valence-electron chi connectivity index (χ4n) is 1.38. The largest absolute Gasteiger partial charge is 0.464 e. The standard InChI is InChI=1S/C13H21I2NO6/c1-2-11(17)20-6-3-16(4-7-21-12(18)9-14)5-8-22-13(19)10-15/h2-10H2,1H3. The van der Waals surface area contributed by atoms with E-state index in [2.05, 4.69) is 0 Å². The molecule has 0 spiro atoms. The molecule has 0 fully saturated rings. The zero-order valence-corrected chi connectivity index (χ0v) is 16.8. The molecule has 9 heteroatoms. The Kier molecular flexibility index (Phi) is 14.3. The van der Waals surface area contributed by atoms with Gasteiger partial charge in [0, 0.05) is 26.1 Å². The van der Waals surface area contributed by atoms with Crippen LogP contribution >= 0.6 is 45.2 Å². The highest BCUT2D eigenvalue weighted by molar-refractivity contribution is 14.1. The molecule has 0 radical (unpaired) electrons. The summed E-state index contributed by atoms with van der Waals surface area (Å²) in [6.45, 7) is 3.98. The molecule has 0 aliphatic rings. The summed E-state index contributed by atoms with van der Waals surface area (Å²) >= 11 is 3.87. The summed E-state index contributed by atoms with van der Waals surface area (Å²) in [7, 11) is 0. The highest BCUT2D eigenvalue weighted by Gasteiger charge is 2.09. The number of rotatable bonds is 12. The Morgan fingerprint density at radius 3 is 1.45 bits per heavy atom. The summed E-state index contributed by atoms with van der Waals surface area (Å²) in [5.41, 5.74) is 0. The van der Waals surface area contributed by atoms with E-state index in [4.69, 9.17) is 14.2 Å². The van der Waals surface area contributed by atoms with Gasteiger partial charge >= 0.3 is 17.9 Å². The van der Waals surface area contributed by atoms with Gasteiger partial charge in [-0.25, -0.2) is 0 Å². The summed E-state index contributed by atoms with van der Waals surface area (Å²) in [5.74, 6) is -0.795. The van der Waals surface area contributed by atoms with Crippen LogP contribution in [0.4, 0.5) is 0 Å². The number of hydrogen-bond acceptors (Lipinski definition) is 7. The molecular formula is C13H21I2NO6. The average molecular weight is 541 g/mol. The van der Waals surface area contributed by atoms with Crippen LogP contribution < -0.4 is 0 Å². The van der Waals surface area contributed by atoms with Crippen LogP contribution in [0.5, 0.6) is 0 Å². The van der Waals surface area contributed by atoms with Crippen molar-refractivity contribution >= 4 is 63.1 Å². The molecule has 0 aromatic rings. The van der Waals surface area contributed by atoms with Crippen molar-refractivity contribution in [2.45, 2.75) is 13.3 Å². The Hall–Kier alpha value is -0.170. The summed E-state index contributed by atoms with van der Waals surface area (Å²) in [6, 6.07) is 0. The van der Waals surface area contributed by atoms with E-state index in [1.54, 1.807) is 6.92 Å². The van der Waals surface area contributed by atoms with Gasteiger partial charge in [0.05, 0.1) is 8.86 Å². The van der Waals surface area contributed by atoms with Crippen LogP contribution in [0, 0.1) is 0 Å². The molecular weight excluding hydrogens is 520 g/mol. The normalized spacial score (nSPS) is 10.4. The van der Waals surface area contributed by atoms with Crippen molar-refractivity contribution < 1.29 is 28.6 Å². The first-order valence-corrected chi connectivity index (χ1v) is 9.89. The van der Waals surface area contributed by atoms with Gasteiger partial charge in [0.15, 0.2) is 0 Å². The molecule has 0 saturated heterocycles. The Morgan fingerprint density at radius 1 is 0.773 bits per heavy atom. The van der Waals surface area contributed by atoms with Crippen molar-refractivity contribution in [2.24, 2.45) is 0 Å². The molecule has 7 nitrogen and oxygen atoms in total. The lowest BCUT2D eigenvalue weighted by atomic mass is 10.4. The second-order valence-corrected chi connectivity index (χ2v) is 5.65. The second kappa shape index (κ2) is 14.4. The maximum atomic E-state index is 11.1. The summed E-state index contributed by atoms with van der Waals surface area (Å²) in [6.07, 6.45) is 0.334. The molecule has 0 amide bonds. The Labute approximate surface area is 157 Å². The SMILES string of the molecule is CCC(=O)OCCN(CCOC(=O)CI)CCOC(=O)CI. The number of esters is 3. The van der Waals surface area contributed by atoms with Crippen molar-refractivity contribution in [1.82, 2.24) is 4.90 Å². The monoisotopic (exact) mass is 541 g/mol. The fraction of sp³-hybridized carbons (Fsp3) is 0.769. The number of carbonyl (C=O) groups excluding carboxylic acids is 3. The molecule has 0 rings (SSSR count). The maximum absolute atomic E-state index is 11.1. The summed E-state index contributed by atoms with van der Waals surface area (Å²) < 4.78 is 15.7. The minimum atomic E-state index is -0.269. The van der Waals surface area contributed by atoms with Gasteiger partial charge in [-0.15, -0.1) is 0 Å². The molecule has 0 N–H and O–H groups in total. The van der Waals surface area contributed by atoms with Crippen molar-refractivity contribution in [3.05, 3.63) is 0 Å². The third-order valence-corrected chi connectivity index (χ3v) is 3.76. The van der Waals surface area contributed by atoms with Gasteiger partial charge in [0.25, 0.3) is 0 Å². The van der Waals surface area contributed by atoms with Crippen molar-refractivity contribution in [3.63, 3.8) is 0 Å². The van der Waals surface area contributed by atoms with Crippen LogP contribution in [0.2, 0.25) is 0 Å². The zero-order valence-electron chi connectivity index (χ0n) is 12.5. The van der Waals surface area contributed by atoms with Crippen molar-refractivity contribution in [1.29, 1.82) is 0 Å². The lowest BCUT2D eigenvalue weighted by molar-refractivity contribution is -0.143. The number of alkyl halides is 2. The maximum Gasteiger partial charge on any atom is 0.315 e. The van der Waals surface area contributed by atoms with Crippen molar-refractivity contribution in [3.8, 4) is 0 Å². The Bertz CT molecular complexity index is 301. The number of ether oxygens (including phenoxy) is 3. The molecule has 0 aromatic heterocycles. The smallest absolute Gasteiger partial charge is 0.315 e. The van der Waals surface area contributed by atoms with E-state index in [1.807, 2.05) is 50.1 Å². The Balaban J connectivity index is 4.09. The molecule has 0 bridgehead atoms. The number of nitrogens with zero attached hydrogens (tertiary/aromatic N) is 1. The number of hydrogen-bond donors (Lipinski definition) is 0. The van der Waals surface area contributed by atoms with E-state index < -0.39 is 0 Å². The van der Waals surface area contributed by atoms with E-state index in [9.17, 15) is 14.4 Å². The van der Waals surface area contributed by atoms with E-state index >= 15 is 0 Å². The highest BCUT2D eigenvalue weighted by atomic mass is 127. The van der Waals surface area contributed by atoms with Crippen LogP contribution in [0.3, 0.4) is 0 Å². The minimum Gasteiger partial charge on any atom is -0.464 e. The first-order chi connectivity index (χ1) is 10.5. The first-order valence-electron chi connectivity index (χ1n) is 6.84. The van der Waals surface area contributed by atoms with Gasteiger partial charge in [0.2, 0.25) is 0 Å². The Morgan fingerprint density at radius 2 is 1.14 bits per heavy atom. The van der Waals surface area contributed by atoms with E-state index in [-0.39, 0.29) is 37.7 Å². The van der Waals surface area contributed by atoms with Crippen molar-refractivity contribution in [2.75, 3.05) is 48.3 Å². The van der Waals surface area contributed by atoms with E-state index in [0.717, 1.165) is 0 Å². The number of carbonyl (C=O) groups is 3. The van der Waals surface area contributed by atoms with Gasteiger partial charge in [0.1, 0.15) is 19.8 Å². The lowest BCUT2D eigenvalue weighted by Crippen LogP contribution is -2.35. The molecule has 0 saturated carbocycles. The zero-order chi connectivity index (χ0) is 16.8. The molecule has 128 valence electrons. The van der Waals surface area contributed by atoms with Gasteiger partial charge in [-0.3, -0.25) is 19.3 Å².